The maximum atomic E-state index is 14.6. The normalized spacial score (nSPS) is 30.8. The summed E-state index contributed by atoms with van der Waals surface area (Å²) in [5.74, 6) is -6.96. The number of methoxy groups -OCH3 is 1. The third-order valence-electron chi connectivity index (χ3n) is 11.5. The van der Waals surface area contributed by atoms with E-state index < -0.39 is 77.3 Å². The molecule has 6 rings (SSSR count). The van der Waals surface area contributed by atoms with Gasteiger partial charge in [-0.1, -0.05) is 45.9 Å². The van der Waals surface area contributed by atoms with E-state index in [9.17, 15) is 34.8 Å². The number of hydrogen-bond donors (Lipinski definition) is 5. The fourth-order valence-corrected chi connectivity index (χ4v) is 8.03. The van der Waals surface area contributed by atoms with E-state index in [0.717, 1.165) is 5.56 Å². The van der Waals surface area contributed by atoms with Gasteiger partial charge >= 0.3 is 11.8 Å². The van der Waals surface area contributed by atoms with E-state index in [0.29, 0.717) is 5.65 Å². The van der Waals surface area contributed by atoms with Crippen LogP contribution in [-0.4, -0.2) is 84.8 Å². The van der Waals surface area contributed by atoms with Crippen LogP contribution >= 0.6 is 0 Å². The molecule has 5 N–H and O–H groups in total. The van der Waals surface area contributed by atoms with Crippen molar-refractivity contribution >= 4 is 50.8 Å². The van der Waals surface area contributed by atoms with Crippen LogP contribution in [-0.2, 0) is 23.8 Å². The molecule has 0 saturated heterocycles. The lowest BCUT2D eigenvalue weighted by molar-refractivity contribution is -0.160. The number of aryl methyl sites for hydroxylation is 1. The Balaban J connectivity index is 1.58. The Bertz CT molecular complexity index is 2380. The average Bonchev–Trinajstić information content (AvgIpc) is 3.67. The van der Waals surface area contributed by atoms with Gasteiger partial charge in [-0.25, -0.2) is 4.98 Å². The predicted molar refractivity (Wildman–Crippen MR) is 213 cm³/mol. The van der Waals surface area contributed by atoms with Crippen molar-refractivity contribution < 1.29 is 53.8 Å². The van der Waals surface area contributed by atoms with Crippen LogP contribution < -0.4 is 10.1 Å². The second kappa shape index (κ2) is 15.5. The van der Waals surface area contributed by atoms with Gasteiger partial charge in [0.05, 0.1) is 35.5 Å². The van der Waals surface area contributed by atoms with Crippen molar-refractivity contribution in [2.24, 2.45) is 23.7 Å². The number of anilines is 1. The molecule has 0 spiro atoms. The summed E-state index contributed by atoms with van der Waals surface area (Å²) in [6.45, 7) is 14.7. The lowest BCUT2D eigenvalue weighted by Gasteiger charge is -2.38. The number of phenolic OH excluding ortho intramolecular Hbond substituents is 2. The van der Waals surface area contributed by atoms with E-state index in [-0.39, 0.29) is 55.7 Å². The molecule has 304 valence electrons. The SMILES string of the molecule is CO[C@H]1/C=C/O[C@@]2(C)Oc3c(C)c(O)c4c(O)c(c5c(nc6cc(C)ccn65)c4c3C2=O)NC(=O)/C(C)=C\C=C\[C@@H](C)[C@H](O)[C@H](C)[C@@H](O)[C@@H](C)[C@@H](OC(C)=O)[C@H]1C. The van der Waals surface area contributed by atoms with E-state index in [2.05, 4.69) is 5.32 Å². The molecule has 4 heterocycles. The third kappa shape index (κ3) is 7.10. The number of ketones is 1. The summed E-state index contributed by atoms with van der Waals surface area (Å²) >= 11 is 0. The summed E-state index contributed by atoms with van der Waals surface area (Å²) in [5, 5.41) is 49.4. The van der Waals surface area contributed by atoms with E-state index in [1.165, 1.54) is 40.2 Å². The van der Waals surface area contributed by atoms with E-state index >= 15 is 0 Å². The molecular weight excluding hydrogens is 734 g/mol. The lowest BCUT2D eigenvalue weighted by Crippen LogP contribution is -2.46. The molecule has 1 amide bonds. The van der Waals surface area contributed by atoms with Crippen LogP contribution in [0, 0.1) is 37.5 Å². The monoisotopic (exact) mass is 785 g/mol. The van der Waals surface area contributed by atoms with Gasteiger partial charge in [0.25, 0.3) is 11.7 Å². The highest BCUT2D eigenvalue weighted by atomic mass is 16.7. The number of aliphatic hydroxyl groups is 2. The number of nitrogens with one attached hydrogen (secondary N) is 1. The number of aliphatic hydroxyl groups excluding tert-OH is 2. The molecule has 4 bridgehead atoms. The number of carbonyl (C=O) groups excluding carboxylic acids is 3. The number of aromatic hydroxyl groups is 2. The molecule has 0 fully saturated rings. The van der Waals surface area contributed by atoms with Crippen LogP contribution in [0.25, 0.3) is 27.5 Å². The number of amides is 1. The largest absolute Gasteiger partial charge is 0.507 e. The molecule has 2 aliphatic heterocycles. The Morgan fingerprint density at radius 2 is 1.68 bits per heavy atom. The van der Waals surface area contributed by atoms with Crippen molar-refractivity contribution in [2.45, 2.75) is 92.5 Å². The van der Waals surface area contributed by atoms with Gasteiger partial charge in [0, 0.05) is 67.3 Å². The molecule has 2 aromatic carbocycles. The van der Waals surface area contributed by atoms with Gasteiger partial charge in [-0.3, -0.25) is 18.8 Å². The zero-order chi connectivity index (χ0) is 41.8. The van der Waals surface area contributed by atoms with Gasteiger partial charge in [-0.2, -0.15) is 0 Å². The molecule has 0 radical (unpaired) electrons. The minimum atomic E-state index is -1.96. The van der Waals surface area contributed by atoms with Crippen LogP contribution in [0.4, 0.5) is 5.69 Å². The quantitative estimate of drug-likeness (QED) is 0.115. The fourth-order valence-electron chi connectivity index (χ4n) is 8.03. The van der Waals surface area contributed by atoms with E-state index in [1.807, 2.05) is 19.1 Å². The molecule has 4 aromatic rings. The molecule has 2 aliphatic rings. The van der Waals surface area contributed by atoms with Crippen molar-refractivity contribution in [3.8, 4) is 17.2 Å². The number of rotatable bonds is 2. The Kier molecular flexibility index (Phi) is 11.2. The first-order chi connectivity index (χ1) is 26.8. The second-order valence-corrected chi connectivity index (χ2v) is 15.6. The number of esters is 1. The number of Topliss-reactive ketones (excluding diaryl/α,β-unsaturated/α-hetero) is 1. The fraction of sp³-hybridized carbons (Fsp3) is 0.442. The molecule has 2 aromatic heterocycles. The first-order valence-electron chi connectivity index (χ1n) is 19.0. The molecule has 14 nitrogen and oxygen atoms in total. The number of hydrogen-bond acceptors (Lipinski definition) is 12. The van der Waals surface area contributed by atoms with Crippen LogP contribution in [0.5, 0.6) is 17.2 Å². The summed E-state index contributed by atoms with van der Waals surface area (Å²) < 4.78 is 25.5. The number of allylic oxidation sites excluding steroid dienone is 2. The van der Waals surface area contributed by atoms with Crippen molar-refractivity contribution in [1.82, 2.24) is 9.38 Å². The van der Waals surface area contributed by atoms with Crippen molar-refractivity contribution in [1.29, 1.82) is 0 Å². The van der Waals surface area contributed by atoms with Crippen molar-refractivity contribution in [3.05, 3.63) is 71.2 Å². The summed E-state index contributed by atoms with van der Waals surface area (Å²) in [5.41, 5.74) is 2.18. The van der Waals surface area contributed by atoms with E-state index in [4.69, 9.17) is 23.9 Å². The highest BCUT2D eigenvalue weighted by Gasteiger charge is 2.50. The second-order valence-electron chi connectivity index (χ2n) is 15.6. The van der Waals surface area contributed by atoms with Crippen molar-refractivity contribution in [2.75, 3.05) is 12.4 Å². The number of benzene rings is 2. The van der Waals surface area contributed by atoms with Crippen LogP contribution in [0.2, 0.25) is 0 Å². The standard InChI is InChI=1S/C43H51N3O11/c1-19-14-16-46-28(18-19)44-32-29-30-37(50)25(7)40-31(29)41(52)43(9,57-40)55-17-15-27(54-10)22(4)39(56-26(8)47)24(6)36(49)23(5)35(48)20(2)12-11-13-21(3)42(53)45-33(34(32)46)38(30)51/h11-18,20,22-24,27,35-36,39,48-51H,1-10H3,(H,45,53)/b12-11+,17-15+,21-13-/t20-,22+,23+,24-,27+,35+,36-,39+,43+/m1/s1. The Labute approximate surface area is 330 Å². The maximum absolute atomic E-state index is 14.6. The Hall–Kier alpha value is -5.44. The van der Waals surface area contributed by atoms with Gasteiger partial charge < -0.3 is 44.7 Å². The number of carbonyl (C=O) groups is 3. The molecule has 0 unspecified atom stereocenters. The maximum Gasteiger partial charge on any atom is 0.312 e. The molecule has 0 saturated carbocycles. The molecule has 9 atom stereocenters. The molecule has 57 heavy (non-hydrogen) atoms. The highest BCUT2D eigenvalue weighted by molar-refractivity contribution is 6.28. The highest BCUT2D eigenvalue weighted by Crippen LogP contribution is 2.54. The molecule has 14 heteroatoms. The summed E-state index contributed by atoms with van der Waals surface area (Å²) in [4.78, 5) is 45.6. The van der Waals surface area contributed by atoms with Crippen LogP contribution in [0.15, 0.2) is 54.5 Å². The Morgan fingerprint density at radius 1 is 0.982 bits per heavy atom. The predicted octanol–water partition coefficient (Wildman–Crippen LogP) is 6.16. The minimum absolute atomic E-state index is 0.0185. The van der Waals surface area contributed by atoms with Gasteiger partial charge in [-0.15, -0.1) is 0 Å². The zero-order valence-corrected chi connectivity index (χ0v) is 33.8. The number of aromatic nitrogens is 2. The first kappa shape index (κ1) is 41.2. The first-order valence-corrected chi connectivity index (χ1v) is 19.0. The van der Waals surface area contributed by atoms with E-state index in [1.54, 1.807) is 63.4 Å². The smallest absolute Gasteiger partial charge is 0.312 e. The van der Waals surface area contributed by atoms with Gasteiger partial charge in [0.1, 0.15) is 40.0 Å². The van der Waals surface area contributed by atoms with Crippen molar-refractivity contribution in [3.63, 3.8) is 0 Å². The summed E-state index contributed by atoms with van der Waals surface area (Å²) in [6.07, 6.45) is 5.62. The number of fused-ring (bicyclic) bond motifs is 2. The van der Waals surface area contributed by atoms with Gasteiger partial charge in [0.15, 0.2) is 5.75 Å². The van der Waals surface area contributed by atoms with Gasteiger partial charge in [-0.05, 0) is 44.5 Å². The lowest BCUT2D eigenvalue weighted by atomic mass is 9.78. The molecular formula is C43H51N3O11. The number of phenols is 2. The number of imidazole rings is 1. The third-order valence-corrected chi connectivity index (χ3v) is 11.5. The minimum Gasteiger partial charge on any atom is -0.507 e. The number of pyridine rings is 1. The van der Waals surface area contributed by atoms with Gasteiger partial charge in [0.2, 0.25) is 0 Å². The summed E-state index contributed by atoms with van der Waals surface area (Å²) in [6, 6.07) is 3.64. The van der Waals surface area contributed by atoms with Crippen LogP contribution in [0.3, 0.4) is 0 Å². The summed E-state index contributed by atoms with van der Waals surface area (Å²) in [7, 11) is 1.46. The average molecular weight is 786 g/mol. The topological polar surface area (TPSA) is 198 Å². The Morgan fingerprint density at radius 3 is 2.35 bits per heavy atom. The molecule has 0 aliphatic carbocycles. The number of nitrogens with zero attached hydrogens (tertiary/aromatic N) is 2. The van der Waals surface area contributed by atoms with Crippen LogP contribution in [0.1, 0.15) is 70.0 Å². The number of ether oxygens (including phenoxy) is 4. The zero-order valence-electron chi connectivity index (χ0n) is 33.8.